The van der Waals surface area contributed by atoms with Gasteiger partial charge in [-0.25, -0.2) is 4.98 Å². The topological polar surface area (TPSA) is 71.5 Å². The first-order valence-electron chi connectivity index (χ1n) is 5.92. The summed E-state index contributed by atoms with van der Waals surface area (Å²) in [6, 6.07) is 3.33. The van der Waals surface area contributed by atoms with Crippen LogP contribution in [-0.4, -0.2) is 43.0 Å². The second-order valence-corrected chi connectivity index (χ2v) is 6.94. The number of morpholine rings is 1. The van der Waals surface area contributed by atoms with E-state index in [0.717, 1.165) is 0 Å². The highest BCUT2D eigenvalue weighted by Gasteiger charge is 2.31. The molecular weight excluding hydrogens is 334 g/mol. The molecule has 1 aliphatic heterocycles. The number of hydrogen-bond acceptors (Lipinski definition) is 4. The fourth-order valence-electron chi connectivity index (χ4n) is 1.99. The maximum atomic E-state index is 12.3. The van der Waals surface area contributed by atoms with Crippen LogP contribution in [0.4, 0.5) is 5.69 Å². The van der Waals surface area contributed by atoms with E-state index in [-0.39, 0.29) is 12.2 Å². The quantitative estimate of drug-likeness (QED) is 0.841. The molecule has 1 N–H and O–H groups in total. The van der Waals surface area contributed by atoms with Gasteiger partial charge < -0.3 is 4.74 Å². The number of rotatable bonds is 3. The first kappa shape index (κ1) is 14.7. The smallest absolute Gasteiger partial charge is 0.301 e. The molecule has 2 heterocycles. The number of aromatic nitrogens is 1. The minimum atomic E-state index is -3.59. The molecule has 1 aromatic heterocycles. The van der Waals surface area contributed by atoms with Crippen molar-refractivity contribution in [3.05, 3.63) is 22.9 Å². The second-order valence-electron chi connectivity index (χ2n) is 4.52. The van der Waals surface area contributed by atoms with Gasteiger partial charge in [0.15, 0.2) is 0 Å². The first-order chi connectivity index (χ1) is 8.88. The van der Waals surface area contributed by atoms with Crippen LogP contribution in [0.15, 0.2) is 22.9 Å². The molecule has 106 valence electrons. The Morgan fingerprint density at radius 1 is 1.42 bits per heavy atom. The molecule has 2 rings (SSSR count). The van der Waals surface area contributed by atoms with Crippen LogP contribution < -0.4 is 4.72 Å². The lowest BCUT2D eigenvalue weighted by molar-refractivity contribution is -0.0439. The van der Waals surface area contributed by atoms with Gasteiger partial charge in [-0.2, -0.15) is 12.7 Å². The standard InChI is InChI=1S/C11H16BrN3O3S/c1-8-6-15(7-9(2)18-8)19(16,17)14-10-4-3-5-13-11(10)12/h3-5,8-9,14H,6-7H2,1-2H3. The molecule has 6 nitrogen and oxygen atoms in total. The van der Waals surface area contributed by atoms with Crippen LogP contribution in [0.2, 0.25) is 0 Å². The first-order valence-corrected chi connectivity index (χ1v) is 8.15. The van der Waals surface area contributed by atoms with Gasteiger partial charge in [0, 0.05) is 19.3 Å². The molecule has 1 aliphatic rings. The van der Waals surface area contributed by atoms with Gasteiger partial charge in [-0.3, -0.25) is 4.72 Å². The average molecular weight is 350 g/mol. The zero-order chi connectivity index (χ0) is 14.0. The van der Waals surface area contributed by atoms with Crippen LogP contribution in [0.1, 0.15) is 13.8 Å². The average Bonchev–Trinajstić information content (AvgIpc) is 2.31. The lowest BCUT2D eigenvalue weighted by atomic mass is 10.3. The van der Waals surface area contributed by atoms with Crippen molar-refractivity contribution in [1.82, 2.24) is 9.29 Å². The van der Waals surface area contributed by atoms with Crippen LogP contribution in [0.5, 0.6) is 0 Å². The van der Waals surface area contributed by atoms with E-state index in [1.807, 2.05) is 13.8 Å². The molecule has 0 spiro atoms. The second kappa shape index (κ2) is 5.74. The third kappa shape index (κ3) is 3.65. The minimum absolute atomic E-state index is 0.113. The number of ether oxygens (including phenoxy) is 1. The fourth-order valence-corrected chi connectivity index (χ4v) is 3.86. The largest absolute Gasteiger partial charge is 0.373 e. The van der Waals surface area contributed by atoms with E-state index in [9.17, 15) is 8.42 Å². The van der Waals surface area contributed by atoms with Crippen LogP contribution in [0.25, 0.3) is 0 Å². The highest BCUT2D eigenvalue weighted by atomic mass is 79.9. The molecular formula is C11H16BrN3O3S. The van der Waals surface area contributed by atoms with Gasteiger partial charge in [-0.1, -0.05) is 0 Å². The molecule has 0 saturated carbocycles. The van der Waals surface area contributed by atoms with Crippen molar-refractivity contribution in [2.24, 2.45) is 0 Å². The molecule has 19 heavy (non-hydrogen) atoms. The summed E-state index contributed by atoms with van der Waals surface area (Å²) in [5.41, 5.74) is 0.425. The lowest BCUT2D eigenvalue weighted by Crippen LogP contribution is -2.49. The van der Waals surface area contributed by atoms with E-state index in [4.69, 9.17) is 4.74 Å². The van der Waals surface area contributed by atoms with Crippen molar-refractivity contribution in [3.63, 3.8) is 0 Å². The van der Waals surface area contributed by atoms with E-state index >= 15 is 0 Å². The number of anilines is 1. The van der Waals surface area contributed by atoms with Gasteiger partial charge in [-0.05, 0) is 41.9 Å². The Bertz CT molecular complexity index is 542. The van der Waals surface area contributed by atoms with Crippen molar-refractivity contribution in [1.29, 1.82) is 0 Å². The Labute approximate surface area is 121 Å². The van der Waals surface area contributed by atoms with Crippen LogP contribution in [0.3, 0.4) is 0 Å². The van der Waals surface area contributed by atoms with E-state index < -0.39 is 10.2 Å². The summed E-state index contributed by atoms with van der Waals surface area (Å²) in [4.78, 5) is 3.98. The Balaban J connectivity index is 2.16. The van der Waals surface area contributed by atoms with Crippen LogP contribution in [-0.2, 0) is 14.9 Å². The van der Waals surface area contributed by atoms with Gasteiger partial charge in [0.2, 0.25) is 0 Å². The van der Waals surface area contributed by atoms with E-state index in [1.165, 1.54) is 4.31 Å². The maximum absolute atomic E-state index is 12.3. The van der Waals surface area contributed by atoms with Crippen molar-refractivity contribution < 1.29 is 13.2 Å². The van der Waals surface area contributed by atoms with Gasteiger partial charge in [0.25, 0.3) is 0 Å². The predicted molar refractivity (Wildman–Crippen MR) is 76.1 cm³/mol. The fraction of sp³-hybridized carbons (Fsp3) is 0.545. The third-order valence-electron chi connectivity index (χ3n) is 2.72. The molecule has 2 unspecified atom stereocenters. The van der Waals surface area contributed by atoms with Crippen LogP contribution in [0, 0.1) is 0 Å². The van der Waals surface area contributed by atoms with Gasteiger partial charge in [-0.15, -0.1) is 0 Å². The highest BCUT2D eigenvalue weighted by molar-refractivity contribution is 9.10. The summed E-state index contributed by atoms with van der Waals surface area (Å²) in [5.74, 6) is 0. The number of halogens is 1. The van der Waals surface area contributed by atoms with Gasteiger partial charge in [0.05, 0.1) is 17.9 Å². The molecule has 0 aromatic carbocycles. The van der Waals surface area contributed by atoms with Crippen molar-refractivity contribution >= 4 is 31.8 Å². The molecule has 0 bridgehead atoms. The molecule has 1 aromatic rings. The summed E-state index contributed by atoms with van der Waals surface area (Å²) in [5, 5.41) is 0. The van der Waals surface area contributed by atoms with Crippen molar-refractivity contribution in [3.8, 4) is 0 Å². The summed E-state index contributed by atoms with van der Waals surface area (Å²) >= 11 is 3.22. The van der Waals surface area contributed by atoms with Crippen molar-refractivity contribution in [2.45, 2.75) is 26.1 Å². The molecule has 0 radical (unpaired) electrons. The number of nitrogens with one attached hydrogen (secondary N) is 1. The lowest BCUT2D eigenvalue weighted by Gasteiger charge is -2.34. The third-order valence-corrected chi connectivity index (χ3v) is 4.81. The number of pyridine rings is 1. The minimum Gasteiger partial charge on any atom is -0.373 e. The Hall–Kier alpha value is -0.700. The van der Waals surface area contributed by atoms with E-state index in [2.05, 4.69) is 25.6 Å². The summed E-state index contributed by atoms with van der Waals surface area (Å²) < 4.78 is 34.5. The Morgan fingerprint density at radius 2 is 2.05 bits per heavy atom. The zero-order valence-electron chi connectivity index (χ0n) is 10.7. The Kier molecular flexibility index (Phi) is 4.44. The summed E-state index contributed by atoms with van der Waals surface area (Å²) in [6.45, 7) is 4.41. The molecule has 8 heteroatoms. The van der Waals surface area contributed by atoms with E-state index in [0.29, 0.717) is 23.4 Å². The van der Waals surface area contributed by atoms with Crippen LogP contribution >= 0.6 is 15.9 Å². The maximum Gasteiger partial charge on any atom is 0.301 e. The molecule has 2 atom stereocenters. The predicted octanol–water partition coefficient (Wildman–Crippen LogP) is 1.61. The zero-order valence-corrected chi connectivity index (χ0v) is 13.1. The SMILES string of the molecule is CC1CN(S(=O)(=O)Nc2cccnc2Br)CC(C)O1. The highest BCUT2D eigenvalue weighted by Crippen LogP contribution is 2.22. The summed E-state index contributed by atoms with van der Waals surface area (Å²) in [7, 11) is -3.59. The number of hydrogen-bond donors (Lipinski definition) is 1. The summed E-state index contributed by atoms with van der Waals surface area (Å²) in [6.07, 6.45) is 1.36. The molecule has 0 amide bonds. The van der Waals surface area contributed by atoms with Crippen molar-refractivity contribution in [2.75, 3.05) is 17.8 Å². The van der Waals surface area contributed by atoms with Gasteiger partial charge >= 0.3 is 10.2 Å². The Morgan fingerprint density at radius 3 is 2.63 bits per heavy atom. The number of nitrogens with zero attached hydrogens (tertiary/aromatic N) is 2. The molecule has 1 fully saturated rings. The molecule has 0 aliphatic carbocycles. The van der Waals surface area contributed by atoms with Gasteiger partial charge in [0.1, 0.15) is 4.60 Å². The monoisotopic (exact) mass is 349 g/mol. The normalized spacial score (nSPS) is 25.2. The molecule has 1 saturated heterocycles. The van der Waals surface area contributed by atoms with E-state index in [1.54, 1.807) is 18.3 Å².